The van der Waals surface area contributed by atoms with Crippen LogP contribution in [0.2, 0.25) is 0 Å². The first-order chi connectivity index (χ1) is 7.50. The lowest BCUT2D eigenvalue weighted by atomic mass is 9.99. The molecule has 1 N–H and O–H groups in total. The van der Waals surface area contributed by atoms with E-state index in [0.29, 0.717) is 0 Å². The lowest BCUT2D eigenvalue weighted by Crippen LogP contribution is -2.16. The Labute approximate surface area is 104 Å². The van der Waals surface area contributed by atoms with Crippen LogP contribution >= 0.6 is 15.9 Å². The van der Waals surface area contributed by atoms with Crippen molar-refractivity contribution in [2.24, 2.45) is 5.92 Å². The number of halogens is 1. The van der Waals surface area contributed by atoms with Gasteiger partial charge in [-0.1, -0.05) is 41.9 Å². The molecule has 1 rings (SSSR count). The minimum atomic E-state index is -0.944. The zero-order valence-electron chi connectivity index (χ0n) is 9.31. The second-order valence-electron chi connectivity index (χ2n) is 3.92. The molecule has 0 radical (unpaired) electrons. The number of carboxylic acids is 1. The van der Waals surface area contributed by atoms with Crippen molar-refractivity contribution in [3.05, 3.63) is 34.3 Å². The lowest BCUT2D eigenvalue weighted by Gasteiger charge is -2.21. The highest BCUT2D eigenvalue weighted by atomic mass is 79.9. The average Bonchev–Trinajstić information content (AvgIpc) is 2.17. The Balaban J connectivity index is 2.81. The van der Waals surface area contributed by atoms with E-state index in [9.17, 15) is 4.79 Å². The topological polar surface area (TPSA) is 46.5 Å². The number of rotatable bonds is 5. The Morgan fingerprint density at radius 1 is 1.50 bits per heavy atom. The number of carbonyl (C=O) groups is 1. The van der Waals surface area contributed by atoms with Crippen LogP contribution in [0.25, 0.3) is 0 Å². The molecular formula is C12H15BrO3. The van der Waals surface area contributed by atoms with Crippen LogP contribution in [0, 0.1) is 5.92 Å². The fraction of sp³-hybridized carbons (Fsp3) is 0.417. The van der Waals surface area contributed by atoms with Gasteiger partial charge in [0, 0.05) is 4.47 Å². The van der Waals surface area contributed by atoms with Gasteiger partial charge in [0.2, 0.25) is 0 Å². The average molecular weight is 287 g/mol. The summed E-state index contributed by atoms with van der Waals surface area (Å²) in [6.45, 7) is 3.75. The quantitative estimate of drug-likeness (QED) is 0.904. The summed E-state index contributed by atoms with van der Waals surface area (Å²) in [6, 6.07) is 7.74. The molecule has 88 valence electrons. The highest BCUT2D eigenvalue weighted by Gasteiger charge is 2.17. The van der Waals surface area contributed by atoms with Gasteiger partial charge in [-0.05, 0) is 23.6 Å². The Kier molecular flexibility index (Phi) is 4.96. The van der Waals surface area contributed by atoms with Gasteiger partial charge < -0.3 is 9.84 Å². The Morgan fingerprint density at radius 3 is 2.69 bits per heavy atom. The standard InChI is InChI=1S/C12H15BrO3/c1-8(2)12(16-7-11(14)15)9-4-3-5-10(13)6-9/h3-6,8,12H,7H2,1-2H3,(H,14,15). The fourth-order valence-corrected chi connectivity index (χ4v) is 1.94. The molecule has 0 saturated heterocycles. The molecule has 16 heavy (non-hydrogen) atoms. The van der Waals surface area contributed by atoms with E-state index in [1.165, 1.54) is 0 Å². The zero-order chi connectivity index (χ0) is 12.1. The third-order valence-electron chi connectivity index (χ3n) is 2.17. The molecule has 0 fully saturated rings. The van der Waals surface area contributed by atoms with Crippen molar-refractivity contribution < 1.29 is 14.6 Å². The van der Waals surface area contributed by atoms with Gasteiger partial charge >= 0.3 is 5.97 Å². The summed E-state index contributed by atoms with van der Waals surface area (Å²) in [7, 11) is 0. The summed E-state index contributed by atoms with van der Waals surface area (Å²) in [4.78, 5) is 10.5. The maximum absolute atomic E-state index is 10.5. The monoisotopic (exact) mass is 286 g/mol. The highest BCUT2D eigenvalue weighted by molar-refractivity contribution is 9.10. The first-order valence-electron chi connectivity index (χ1n) is 5.09. The first-order valence-corrected chi connectivity index (χ1v) is 5.89. The number of aliphatic carboxylic acids is 1. The largest absolute Gasteiger partial charge is 0.480 e. The van der Waals surface area contributed by atoms with Crippen LogP contribution in [-0.4, -0.2) is 17.7 Å². The van der Waals surface area contributed by atoms with Crippen molar-refractivity contribution in [2.75, 3.05) is 6.61 Å². The van der Waals surface area contributed by atoms with Crippen molar-refractivity contribution in [2.45, 2.75) is 20.0 Å². The maximum atomic E-state index is 10.5. The lowest BCUT2D eigenvalue weighted by molar-refractivity contribution is -0.145. The molecule has 0 aromatic heterocycles. The van der Waals surface area contributed by atoms with Crippen LogP contribution < -0.4 is 0 Å². The summed E-state index contributed by atoms with van der Waals surface area (Å²) in [6.07, 6.45) is -0.186. The molecule has 1 unspecified atom stereocenters. The Bertz CT molecular complexity index is 363. The van der Waals surface area contributed by atoms with Gasteiger partial charge in [-0.2, -0.15) is 0 Å². The Morgan fingerprint density at radius 2 is 2.19 bits per heavy atom. The zero-order valence-corrected chi connectivity index (χ0v) is 10.9. The molecule has 0 aliphatic carbocycles. The van der Waals surface area contributed by atoms with Gasteiger partial charge in [0.05, 0.1) is 6.10 Å². The first kappa shape index (κ1) is 13.2. The molecule has 0 heterocycles. The number of benzene rings is 1. The van der Waals surface area contributed by atoms with E-state index in [4.69, 9.17) is 9.84 Å². The number of carboxylic acid groups (broad SMARTS) is 1. The highest BCUT2D eigenvalue weighted by Crippen LogP contribution is 2.27. The van der Waals surface area contributed by atoms with Crippen molar-refractivity contribution in [1.82, 2.24) is 0 Å². The molecular weight excluding hydrogens is 272 g/mol. The molecule has 0 aliphatic rings. The third kappa shape index (κ3) is 3.94. The SMILES string of the molecule is CC(C)C(OCC(=O)O)c1cccc(Br)c1. The van der Waals surface area contributed by atoms with E-state index in [-0.39, 0.29) is 18.6 Å². The normalized spacial score (nSPS) is 12.8. The van der Waals surface area contributed by atoms with Crippen LogP contribution in [0.15, 0.2) is 28.7 Å². The summed E-state index contributed by atoms with van der Waals surface area (Å²) in [5.41, 5.74) is 0.991. The molecule has 3 nitrogen and oxygen atoms in total. The van der Waals surface area contributed by atoms with Crippen LogP contribution in [-0.2, 0) is 9.53 Å². The minimum Gasteiger partial charge on any atom is -0.480 e. The van der Waals surface area contributed by atoms with Crippen molar-refractivity contribution in [3.63, 3.8) is 0 Å². The Hall–Kier alpha value is -0.870. The molecule has 0 spiro atoms. The maximum Gasteiger partial charge on any atom is 0.329 e. The van der Waals surface area contributed by atoms with Gasteiger partial charge in [0.1, 0.15) is 6.61 Å². The smallest absolute Gasteiger partial charge is 0.329 e. The van der Waals surface area contributed by atoms with E-state index < -0.39 is 5.97 Å². The number of ether oxygens (including phenoxy) is 1. The predicted molar refractivity (Wildman–Crippen MR) is 65.3 cm³/mol. The summed E-state index contributed by atoms with van der Waals surface area (Å²) >= 11 is 3.39. The predicted octanol–water partition coefficient (Wildman–Crippen LogP) is 3.25. The molecule has 0 bridgehead atoms. The second-order valence-corrected chi connectivity index (χ2v) is 4.84. The number of hydrogen-bond acceptors (Lipinski definition) is 2. The van der Waals surface area contributed by atoms with Crippen LogP contribution in [0.4, 0.5) is 0 Å². The van der Waals surface area contributed by atoms with Gasteiger partial charge in [-0.15, -0.1) is 0 Å². The van der Waals surface area contributed by atoms with Gasteiger partial charge in [-0.3, -0.25) is 0 Å². The molecule has 1 aromatic carbocycles. The van der Waals surface area contributed by atoms with Crippen LogP contribution in [0.1, 0.15) is 25.5 Å². The van der Waals surface area contributed by atoms with Crippen molar-refractivity contribution in [1.29, 1.82) is 0 Å². The summed E-state index contributed by atoms with van der Waals surface area (Å²) in [5, 5.41) is 8.61. The van der Waals surface area contributed by atoms with Gasteiger partial charge in [0.15, 0.2) is 0 Å². The van der Waals surface area contributed by atoms with E-state index >= 15 is 0 Å². The summed E-state index contributed by atoms with van der Waals surface area (Å²) < 4.78 is 6.35. The molecule has 1 aromatic rings. The molecule has 0 saturated carbocycles. The van der Waals surface area contributed by atoms with Crippen molar-refractivity contribution in [3.8, 4) is 0 Å². The fourth-order valence-electron chi connectivity index (χ4n) is 1.52. The second kappa shape index (κ2) is 6.01. The third-order valence-corrected chi connectivity index (χ3v) is 2.66. The molecule has 0 aliphatic heterocycles. The van der Waals surface area contributed by atoms with Gasteiger partial charge in [-0.25, -0.2) is 4.79 Å². The van der Waals surface area contributed by atoms with Crippen molar-refractivity contribution >= 4 is 21.9 Å². The van der Waals surface area contributed by atoms with Crippen LogP contribution in [0.5, 0.6) is 0 Å². The van der Waals surface area contributed by atoms with E-state index in [1.807, 2.05) is 38.1 Å². The van der Waals surface area contributed by atoms with E-state index in [1.54, 1.807) is 0 Å². The minimum absolute atomic E-state index is 0.186. The molecule has 1 atom stereocenters. The summed E-state index contributed by atoms with van der Waals surface area (Å²) in [5.74, 6) is -0.714. The number of hydrogen-bond donors (Lipinski definition) is 1. The van der Waals surface area contributed by atoms with Gasteiger partial charge in [0.25, 0.3) is 0 Å². The van der Waals surface area contributed by atoms with E-state index in [2.05, 4.69) is 15.9 Å². The molecule has 4 heteroatoms. The van der Waals surface area contributed by atoms with Crippen LogP contribution in [0.3, 0.4) is 0 Å². The van der Waals surface area contributed by atoms with E-state index in [0.717, 1.165) is 10.0 Å². The molecule has 0 amide bonds.